The van der Waals surface area contributed by atoms with Crippen LogP contribution in [-0.2, 0) is 0 Å². The molecule has 2 aromatic rings. The maximum atomic E-state index is 12.3. The molecular weight excluding hydrogens is 256 g/mol. The summed E-state index contributed by atoms with van der Waals surface area (Å²) in [6.07, 6.45) is 1.89. The molecule has 1 heterocycles. The molecule has 2 nitrogen and oxygen atoms in total. The van der Waals surface area contributed by atoms with Gasteiger partial charge in [-0.05, 0) is 24.3 Å². The lowest BCUT2D eigenvalue weighted by molar-refractivity contribution is 0.104. The maximum Gasteiger partial charge on any atom is 0.200 e. The van der Waals surface area contributed by atoms with Gasteiger partial charge in [0.2, 0.25) is 5.78 Å². The van der Waals surface area contributed by atoms with Crippen molar-refractivity contribution in [3.8, 4) is 5.75 Å². The molecule has 3 heteroatoms. The normalized spacial score (nSPS) is 15.6. The Kier molecular flexibility index (Phi) is 3.13. The smallest absolute Gasteiger partial charge is 0.200 e. The summed E-state index contributed by atoms with van der Waals surface area (Å²) in [6, 6.07) is 15.4. The van der Waals surface area contributed by atoms with Crippen molar-refractivity contribution in [1.82, 2.24) is 0 Å². The minimum atomic E-state index is 0.0894. The first-order valence-corrected chi connectivity index (χ1v) is 6.77. The van der Waals surface area contributed by atoms with Crippen molar-refractivity contribution in [2.24, 2.45) is 0 Å². The summed E-state index contributed by atoms with van der Waals surface area (Å²) in [5.74, 6) is 0.867. The van der Waals surface area contributed by atoms with E-state index < -0.39 is 0 Å². The van der Waals surface area contributed by atoms with Crippen LogP contribution in [0, 0.1) is 0 Å². The van der Waals surface area contributed by atoms with Crippen molar-refractivity contribution in [2.75, 3.05) is 7.11 Å². The van der Waals surface area contributed by atoms with Crippen molar-refractivity contribution in [1.29, 1.82) is 0 Å². The third kappa shape index (κ3) is 2.17. The highest BCUT2D eigenvalue weighted by Gasteiger charge is 2.25. The fourth-order valence-electron chi connectivity index (χ4n) is 2.06. The Morgan fingerprint density at radius 1 is 1.05 bits per heavy atom. The van der Waals surface area contributed by atoms with Crippen molar-refractivity contribution < 1.29 is 9.53 Å². The zero-order valence-corrected chi connectivity index (χ0v) is 11.2. The molecule has 3 rings (SSSR count). The van der Waals surface area contributed by atoms with Crippen LogP contribution < -0.4 is 4.74 Å². The van der Waals surface area contributed by atoms with Gasteiger partial charge in [-0.2, -0.15) is 0 Å². The first-order valence-electron chi connectivity index (χ1n) is 5.96. The highest BCUT2D eigenvalue weighted by Crippen LogP contribution is 2.41. The molecule has 1 aliphatic rings. The highest BCUT2D eigenvalue weighted by molar-refractivity contribution is 8.04. The van der Waals surface area contributed by atoms with Gasteiger partial charge in [0, 0.05) is 16.0 Å². The molecule has 0 amide bonds. The summed E-state index contributed by atoms with van der Waals surface area (Å²) in [4.78, 5) is 14.0. The molecule has 1 aliphatic heterocycles. The third-order valence-corrected chi connectivity index (χ3v) is 4.10. The lowest BCUT2D eigenvalue weighted by atomic mass is 10.1. The van der Waals surface area contributed by atoms with Crippen LogP contribution >= 0.6 is 11.8 Å². The molecule has 0 bridgehead atoms. The predicted molar refractivity (Wildman–Crippen MR) is 77.6 cm³/mol. The fraction of sp³-hybridized carbons (Fsp3) is 0.0625. The van der Waals surface area contributed by atoms with Gasteiger partial charge in [-0.3, -0.25) is 4.79 Å². The molecule has 94 valence electrons. The summed E-state index contributed by atoms with van der Waals surface area (Å²) in [5, 5.41) is 0. The quantitative estimate of drug-likeness (QED) is 0.769. The van der Waals surface area contributed by atoms with Gasteiger partial charge in [0.1, 0.15) is 5.75 Å². The van der Waals surface area contributed by atoms with Gasteiger partial charge >= 0.3 is 0 Å². The summed E-state index contributed by atoms with van der Waals surface area (Å²) >= 11 is 1.51. The summed E-state index contributed by atoms with van der Waals surface area (Å²) in [5.41, 5.74) is 1.71. The Balaban J connectivity index is 2.01. The zero-order valence-electron chi connectivity index (χ0n) is 10.4. The monoisotopic (exact) mass is 268 g/mol. The number of fused-ring (bicyclic) bond motifs is 1. The lowest BCUT2D eigenvalue weighted by Gasteiger charge is -2.04. The van der Waals surface area contributed by atoms with E-state index in [2.05, 4.69) is 0 Å². The van der Waals surface area contributed by atoms with E-state index in [-0.39, 0.29) is 5.78 Å². The number of ether oxygens (including phenoxy) is 1. The summed E-state index contributed by atoms with van der Waals surface area (Å²) in [6.45, 7) is 0. The van der Waals surface area contributed by atoms with Gasteiger partial charge in [0.05, 0.1) is 12.0 Å². The molecule has 0 atom stereocenters. The molecule has 0 radical (unpaired) electrons. The Bertz CT molecular complexity index is 674. The molecule has 0 aliphatic carbocycles. The number of Topliss-reactive ketones (excluding diaryl/α,β-unsaturated/α-hetero) is 1. The Hall–Kier alpha value is -2.00. The third-order valence-electron chi connectivity index (χ3n) is 3.00. The van der Waals surface area contributed by atoms with Gasteiger partial charge in [0.15, 0.2) is 0 Å². The van der Waals surface area contributed by atoms with E-state index >= 15 is 0 Å². The van der Waals surface area contributed by atoms with Crippen molar-refractivity contribution in [3.63, 3.8) is 0 Å². The Morgan fingerprint density at radius 2 is 1.79 bits per heavy atom. The van der Waals surface area contributed by atoms with Gasteiger partial charge in [-0.15, -0.1) is 0 Å². The standard InChI is InChI=1S/C16H12O2S/c1-18-13-8-4-2-6-11(13)10-15-16(17)12-7-3-5-9-14(12)19-15/h2-10H,1H3. The minimum Gasteiger partial charge on any atom is -0.496 e. The first-order chi connectivity index (χ1) is 9.29. The van der Waals surface area contributed by atoms with Crippen molar-refractivity contribution >= 4 is 23.6 Å². The van der Waals surface area contributed by atoms with Crippen LogP contribution in [-0.4, -0.2) is 12.9 Å². The second-order valence-electron chi connectivity index (χ2n) is 4.18. The van der Waals surface area contributed by atoms with Gasteiger partial charge in [-0.25, -0.2) is 0 Å². The number of thioether (sulfide) groups is 1. The molecule has 0 unspecified atom stereocenters. The first kappa shape index (κ1) is 12.1. The molecule has 19 heavy (non-hydrogen) atoms. The van der Waals surface area contributed by atoms with Crippen LogP contribution in [0.15, 0.2) is 58.3 Å². The SMILES string of the molecule is COc1ccccc1C=C1Sc2ccccc2C1=O. The number of para-hydroxylation sites is 1. The highest BCUT2D eigenvalue weighted by atomic mass is 32.2. The van der Waals surface area contributed by atoms with E-state index in [4.69, 9.17) is 4.74 Å². The number of allylic oxidation sites excluding steroid dienone is 1. The topological polar surface area (TPSA) is 26.3 Å². The largest absolute Gasteiger partial charge is 0.496 e. The van der Waals surface area contributed by atoms with Crippen LogP contribution in [0.4, 0.5) is 0 Å². The number of carbonyl (C=O) groups excluding carboxylic acids is 1. The van der Waals surface area contributed by atoms with E-state index in [0.717, 1.165) is 26.7 Å². The number of ketones is 1. The average Bonchev–Trinajstić information content (AvgIpc) is 2.77. The lowest BCUT2D eigenvalue weighted by Crippen LogP contribution is -1.94. The molecular formula is C16H12O2S. The van der Waals surface area contributed by atoms with E-state index in [9.17, 15) is 4.79 Å². The molecule has 0 fully saturated rings. The van der Waals surface area contributed by atoms with E-state index in [1.807, 2.05) is 54.6 Å². The number of benzene rings is 2. The maximum absolute atomic E-state index is 12.3. The molecule has 0 saturated heterocycles. The zero-order chi connectivity index (χ0) is 13.2. The number of carbonyl (C=O) groups is 1. The van der Waals surface area contributed by atoms with E-state index in [1.165, 1.54) is 11.8 Å². The molecule has 0 spiro atoms. The van der Waals surface area contributed by atoms with Gasteiger partial charge in [0.25, 0.3) is 0 Å². The molecule has 2 aromatic carbocycles. The second kappa shape index (κ2) is 4.94. The second-order valence-corrected chi connectivity index (χ2v) is 5.26. The fourth-order valence-corrected chi connectivity index (χ4v) is 3.11. The van der Waals surface area contributed by atoms with Crippen LogP contribution in [0.25, 0.3) is 6.08 Å². The number of rotatable bonds is 2. The molecule has 0 aromatic heterocycles. The number of hydrogen-bond acceptors (Lipinski definition) is 3. The van der Waals surface area contributed by atoms with Crippen molar-refractivity contribution in [3.05, 3.63) is 64.6 Å². The van der Waals surface area contributed by atoms with Crippen LogP contribution in [0.3, 0.4) is 0 Å². The Labute approximate surface area is 116 Å². The number of methoxy groups -OCH3 is 1. The van der Waals surface area contributed by atoms with Crippen molar-refractivity contribution in [2.45, 2.75) is 4.90 Å². The average molecular weight is 268 g/mol. The Morgan fingerprint density at radius 3 is 2.58 bits per heavy atom. The number of hydrogen-bond donors (Lipinski definition) is 0. The predicted octanol–water partition coefficient (Wildman–Crippen LogP) is 4.02. The molecule has 0 saturated carbocycles. The van der Waals surface area contributed by atoms with Gasteiger partial charge < -0.3 is 4.74 Å². The van der Waals surface area contributed by atoms with Crippen LogP contribution in [0.1, 0.15) is 15.9 Å². The molecule has 0 N–H and O–H groups in total. The van der Waals surface area contributed by atoms with E-state index in [0.29, 0.717) is 0 Å². The minimum absolute atomic E-state index is 0.0894. The summed E-state index contributed by atoms with van der Waals surface area (Å²) < 4.78 is 5.30. The van der Waals surface area contributed by atoms with Gasteiger partial charge in [-0.1, -0.05) is 42.1 Å². The van der Waals surface area contributed by atoms with E-state index in [1.54, 1.807) is 7.11 Å². The van der Waals surface area contributed by atoms with Crippen LogP contribution in [0.5, 0.6) is 5.75 Å². The summed E-state index contributed by atoms with van der Waals surface area (Å²) in [7, 11) is 1.63. The van der Waals surface area contributed by atoms with Crippen LogP contribution in [0.2, 0.25) is 0 Å².